The first-order valence-electron chi connectivity index (χ1n) is 10.8. The molecule has 2 N–H and O–H groups in total. The topological polar surface area (TPSA) is 98.0 Å². The maximum atomic E-state index is 13.6. The summed E-state index contributed by atoms with van der Waals surface area (Å²) in [5, 5.41) is 22.1. The molecule has 1 aliphatic heterocycles. The fourth-order valence-corrected chi connectivity index (χ4v) is 4.73. The van der Waals surface area contributed by atoms with Crippen LogP contribution >= 0.6 is 11.8 Å². The van der Waals surface area contributed by atoms with E-state index < -0.39 is 11.6 Å². The number of hydrogen-bond donors (Lipinski definition) is 2. The monoisotopic (exact) mass is 462 g/mol. The minimum absolute atomic E-state index is 0.0322. The number of benzene rings is 1. The van der Waals surface area contributed by atoms with Gasteiger partial charge < -0.3 is 15.2 Å². The van der Waals surface area contributed by atoms with Crippen molar-refractivity contribution in [2.45, 2.75) is 55.4 Å². The Balaban J connectivity index is 1.42. The van der Waals surface area contributed by atoms with Crippen molar-refractivity contribution in [3.05, 3.63) is 35.4 Å². The lowest BCUT2D eigenvalue weighted by molar-refractivity contribution is 0.0573. The fraction of sp³-hybridized carbons (Fsp3) is 0.524. The Labute approximate surface area is 187 Å². The fourth-order valence-electron chi connectivity index (χ4n) is 4.04. The van der Waals surface area contributed by atoms with E-state index in [0.29, 0.717) is 35.2 Å². The first kappa shape index (κ1) is 21.5. The molecule has 0 radical (unpaired) electrons. The molecular weight excluding hydrogens is 438 g/mol. The smallest absolute Gasteiger partial charge is 0.191 e. The summed E-state index contributed by atoms with van der Waals surface area (Å²) in [6.07, 6.45) is 2.20. The van der Waals surface area contributed by atoms with Crippen LogP contribution in [0.15, 0.2) is 23.4 Å². The molecule has 0 spiro atoms. The lowest BCUT2D eigenvalue weighted by atomic mass is 10.1. The molecular formula is C21H24F2N6O2S. The van der Waals surface area contributed by atoms with Gasteiger partial charge in [0.25, 0.3) is 0 Å². The average Bonchev–Trinajstić information content (AvgIpc) is 3.20. The number of fused-ring (bicyclic) bond motifs is 1. The predicted molar refractivity (Wildman–Crippen MR) is 116 cm³/mol. The van der Waals surface area contributed by atoms with E-state index >= 15 is 0 Å². The van der Waals surface area contributed by atoms with Crippen LogP contribution in [-0.4, -0.2) is 61.2 Å². The molecule has 170 valence electrons. The molecule has 2 aliphatic rings. The summed E-state index contributed by atoms with van der Waals surface area (Å²) in [6.45, 7) is 2.50. The number of anilines is 1. The minimum Gasteiger partial charge on any atom is -0.394 e. The van der Waals surface area contributed by atoms with Gasteiger partial charge in [0.2, 0.25) is 0 Å². The third-order valence-electron chi connectivity index (χ3n) is 5.83. The van der Waals surface area contributed by atoms with Crippen molar-refractivity contribution in [3.8, 4) is 0 Å². The van der Waals surface area contributed by atoms with E-state index in [1.165, 1.54) is 6.07 Å². The van der Waals surface area contributed by atoms with E-state index in [-0.39, 0.29) is 30.7 Å². The first-order valence-corrected chi connectivity index (χ1v) is 11.8. The summed E-state index contributed by atoms with van der Waals surface area (Å²) in [4.78, 5) is 9.36. The van der Waals surface area contributed by atoms with E-state index in [1.807, 2.05) is 0 Å². The highest BCUT2D eigenvalue weighted by atomic mass is 32.2. The number of aromatic nitrogens is 5. The summed E-state index contributed by atoms with van der Waals surface area (Å²) in [6, 6.07) is 4.03. The van der Waals surface area contributed by atoms with Gasteiger partial charge in [0, 0.05) is 24.1 Å². The number of rotatable bonds is 8. The van der Waals surface area contributed by atoms with Crippen LogP contribution in [-0.2, 0) is 4.74 Å². The van der Waals surface area contributed by atoms with E-state index in [2.05, 4.69) is 27.5 Å². The Morgan fingerprint density at radius 2 is 2.12 bits per heavy atom. The molecule has 2 fully saturated rings. The lowest BCUT2D eigenvalue weighted by Crippen LogP contribution is -2.14. The van der Waals surface area contributed by atoms with Crippen LogP contribution < -0.4 is 5.32 Å². The van der Waals surface area contributed by atoms with E-state index in [4.69, 9.17) is 9.72 Å². The SMILES string of the molecule is CCCSc1nc(N[C@H]2C[C@H]2c2ccc(F)c(F)c2)c2nnn([C@H]3CO[C@@H](CO)C3)c2n1. The molecule has 4 atom stereocenters. The highest BCUT2D eigenvalue weighted by Gasteiger charge is 2.40. The van der Waals surface area contributed by atoms with Gasteiger partial charge in [-0.1, -0.05) is 30.0 Å². The molecule has 0 amide bonds. The molecule has 11 heteroatoms. The van der Waals surface area contributed by atoms with Crippen LogP contribution in [0.4, 0.5) is 14.6 Å². The van der Waals surface area contributed by atoms with E-state index in [0.717, 1.165) is 30.2 Å². The maximum absolute atomic E-state index is 13.6. The van der Waals surface area contributed by atoms with Crippen LogP contribution in [0.5, 0.6) is 0 Å². The van der Waals surface area contributed by atoms with Crippen molar-refractivity contribution in [2.24, 2.45) is 0 Å². The van der Waals surface area contributed by atoms with Crippen LogP contribution in [0.25, 0.3) is 11.2 Å². The molecule has 0 bridgehead atoms. The predicted octanol–water partition coefficient (Wildman–Crippen LogP) is 3.29. The van der Waals surface area contributed by atoms with Gasteiger partial charge in [-0.2, -0.15) is 0 Å². The molecule has 1 aromatic carbocycles. The van der Waals surface area contributed by atoms with Crippen molar-refractivity contribution < 1.29 is 18.6 Å². The highest BCUT2D eigenvalue weighted by molar-refractivity contribution is 7.99. The Morgan fingerprint density at radius 1 is 1.25 bits per heavy atom. The molecule has 1 saturated heterocycles. The second kappa shape index (κ2) is 8.87. The number of aliphatic hydroxyl groups is 1. The molecule has 2 aromatic heterocycles. The zero-order chi connectivity index (χ0) is 22.2. The first-order chi connectivity index (χ1) is 15.6. The molecule has 32 heavy (non-hydrogen) atoms. The largest absolute Gasteiger partial charge is 0.394 e. The Morgan fingerprint density at radius 3 is 2.88 bits per heavy atom. The van der Waals surface area contributed by atoms with Gasteiger partial charge in [-0.25, -0.2) is 23.4 Å². The quantitative estimate of drug-likeness (QED) is 0.389. The average molecular weight is 463 g/mol. The third kappa shape index (κ3) is 4.16. The Hall–Kier alpha value is -2.37. The summed E-state index contributed by atoms with van der Waals surface area (Å²) in [5.74, 6) is -0.131. The molecule has 3 aromatic rings. The summed E-state index contributed by atoms with van der Waals surface area (Å²) < 4.78 is 34.3. The highest BCUT2D eigenvalue weighted by Crippen LogP contribution is 2.43. The van der Waals surface area contributed by atoms with Crippen LogP contribution in [0.1, 0.15) is 43.7 Å². The molecule has 3 heterocycles. The lowest BCUT2D eigenvalue weighted by Gasteiger charge is -2.11. The summed E-state index contributed by atoms with van der Waals surface area (Å²) in [5.41, 5.74) is 1.95. The van der Waals surface area contributed by atoms with Gasteiger partial charge in [-0.15, -0.1) is 5.10 Å². The van der Waals surface area contributed by atoms with Crippen molar-refractivity contribution >= 4 is 28.7 Å². The van der Waals surface area contributed by atoms with Crippen molar-refractivity contribution in [2.75, 3.05) is 24.3 Å². The number of ether oxygens (including phenoxy) is 1. The Kier molecular flexibility index (Phi) is 5.95. The number of thioether (sulfide) groups is 1. The van der Waals surface area contributed by atoms with Gasteiger partial charge >= 0.3 is 0 Å². The summed E-state index contributed by atoms with van der Waals surface area (Å²) >= 11 is 1.56. The number of nitrogens with one attached hydrogen (secondary N) is 1. The summed E-state index contributed by atoms with van der Waals surface area (Å²) in [7, 11) is 0. The van der Waals surface area contributed by atoms with Gasteiger partial charge in [0.05, 0.1) is 25.4 Å². The normalized spacial score (nSPS) is 24.9. The molecule has 1 aliphatic carbocycles. The van der Waals surface area contributed by atoms with Crippen molar-refractivity contribution in [1.29, 1.82) is 0 Å². The number of hydrogen-bond acceptors (Lipinski definition) is 8. The van der Waals surface area contributed by atoms with E-state index in [1.54, 1.807) is 22.5 Å². The van der Waals surface area contributed by atoms with Crippen molar-refractivity contribution in [1.82, 2.24) is 25.0 Å². The van der Waals surface area contributed by atoms with Gasteiger partial charge in [0.1, 0.15) is 0 Å². The second-order valence-electron chi connectivity index (χ2n) is 8.20. The van der Waals surface area contributed by atoms with Gasteiger partial charge in [-0.05, 0) is 30.5 Å². The third-order valence-corrected chi connectivity index (χ3v) is 6.88. The molecule has 0 unspecified atom stereocenters. The zero-order valence-corrected chi connectivity index (χ0v) is 18.4. The van der Waals surface area contributed by atoms with Crippen LogP contribution in [0, 0.1) is 11.6 Å². The zero-order valence-electron chi connectivity index (χ0n) is 17.5. The van der Waals surface area contributed by atoms with Crippen LogP contribution in [0.3, 0.4) is 0 Å². The minimum atomic E-state index is -0.843. The van der Waals surface area contributed by atoms with E-state index in [9.17, 15) is 13.9 Å². The number of nitrogens with zero attached hydrogens (tertiary/aromatic N) is 5. The second-order valence-corrected chi connectivity index (χ2v) is 9.27. The molecule has 1 saturated carbocycles. The number of aliphatic hydroxyl groups excluding tert-OH is 1. The number of halogens is 2. The Bertz CT molecular complexity index is 1130. The maximum Gasteiger partial charge on any atom is 0.191 e. The van der Waals surface area contributed by atoms with Crippen LogP contribution in [0.2, 0.25) is 0 Å². The molecule has 8 nitrogen and oxygen atoms in total. The standard InChI is InChI=1S/C21H24F2N6O2S/c1-2-5-32-21-25-19(24-17-8-14(17)11-3-4-15(22)16(23)6-11)18-20(26-21)29(28-27-18)12-7-13(9-30)31-10-12/h3-4,6,12-14,17,30H,2,5,7-10H2,1H3,(H,24,25,26)/t12-,13-,14+,17+/m1/s1. The molecule has 5 rings (SSSR count). The van der Waals surface area contributed by atoms with Crippen molar-refractivity contribution in [3.63, 3.8) is 0 Å². The van der Waals surface area contributed by atoms with Gasteiger partial charge in [0.15, 0.2) is 33.8 Å². The van der Waals surface area contributed by atoms with Gasteiger partial charge in [-0.3, -0.25) is 0 Å².